The molecule has 0 spiro atoms. The van der Waals surface area contributed by atoms with Crippen molar-refractivity contribution in [2.75, 3.05) is 11.9 Å². The highest BCUT2D eigenvalue weighted by Gasteiger charge is 2.26. The van der Waals surface area contributed by atoms with Crippen LogP contribution in [0.15, 0.2) is 24.3 Å². The molecule has 0 amide bonds. The molecule has 0 radical (unpaired) electrons. The van der Waals surface area contributed by atoms with Gasteiger partial charge in [0.15, 0.2) is 0 Å². The predicted octanol–water partition coefficient (Wildman–Crippen LogP) is 2.81. The lowest BCUT2D eigenvalue weighted by molar-refractivity contribution is -0.146. The average molecular weight is 319 g/mol. The summed E-state index contributed by atoms with van der Waals surface area (Å²) in [6.07, 6.45) is 0. The van der Waals surface area contributed by atoms with Crippen LogP contribution in [0.25, 0.3) is 0 Å². The summed E-state index contributed by atoms with van der Waals surface area (Å²) in [5.41, 5.74) is 0.206. The third-order valence-electron chi connectivity index (χ3n) is 2.14. The van der Waals surface area contributed by atoms with Crippen molar-refractivity contribution in [1.29, 1.82) is 0 Å². The van der Waals surface area contributed by atoms with E-state index < -0.39 is 11.4 Å². The number of benzene rings is 1. The zero-order chi connectivity index (χ0) is 11.5. The maximum atomic E-state index is 10.9. The van der Waals surface area contributed by atoms with E-state index in [2.05, 4.69) is 27.9 Å². The van der Waals surface area contributed by atoms with Crippen molar-refractivity contribution in [3.8, 4) is 0 Å². The highest BCUT2D eigenvalue weighted by molar-refractivity contribution is 14.1. The Morgan fingerprint density at radius 1 is 1.53 bits per heavy atom. The lowest BCUT2D eigenvalue weighted by Gasteiger charge is -2.20. The molecule has 0 aliphatic heterocycles. The molecule has 0 heterocycles. The normalized spacial score (nSPS) is 11.1. The first-order valence-corrected chi connectivity index (χ1v) is 5.72. The van der Waals surface area contributed by atoms with Gasteiger partial charge in [0, 0.05) is 15.8 Å². The van der Waals surface area contributed by atoms with Crippen molar-refractivity contribution in [2.45, 2.75) is 13.8 Å². The summed E-state index contributed by atoms with van der Waals surface area (Å²) in [5.74, 6) is -0.791. The van der Waals surface area contributed by atoms with Gasteiger partial charge in [0.2, 0.25) is 0 Å². The molecule has 0 atom stereocenters. The van der Waals surface area contributed by atoms with Crippen molar-refractivity contribution in [3.05, 3.63) is 27.8 Å². The SMILES string of the molecule is CC(C)(CNc1cccc(I)c1)C(=O)O. The number of hydrogen-bond acceptors (Lipinski definition) is 2. The second-order valence-corrected chi connectivity index (χ2v) is 5.30. The Kier molecular flexibility index (Phi) is 3.96. The summed E-state index contributed by atoms with van der Waals surface area (Å²) in [6.45, 7) is 3.83. The number of halogens is 1. The van der Waals surface area contributed by atoms with Crippen LogP contribution in [0.3, 0.4) is 0 Å². The highest BCUT2D eigenvalue weighted by atomic mass is 127. The molecular weight excluding hydrogens is 305 g/mol. The molecule has 1 aromatic carbocycles. The third kappa shape index (κ3) is 3.70. The molecular formula is C11H14INO2. The maximum absolute atomic E-state index is 10.9. The van der Waals surface area contributed by atoms with Gasteiger partial charge in [0.1, 0.15) is 0 Å². The molecule has 0 unspecified atom stereocenters. The Morgan fingerprint density at radius 3 is 2.73 bits per heavy atom. The van der Waals surface area contributed by atoms with Crippen LogP contribution in [0.2, 0.25) is 0 Å². The maximum Gasteiger partial charge on any atom is 0.310 e. The number of anilines is 1. The van der Waals surface area contributed by atoms with E-state index in [9.17, 15) is 4.79 Å². The van der Waals surface area contributed by atoms with E-state index in [1.54, 1.807) is 13.8 Å². The molecule has 2 N–H and O–H groups in total. The van der Waals surface area contributed by atoms with Gasteiger partial charge >= 0.3 is 5.97 Å². The summed E-state index contributed by atoms with van der Waals surface area (Å²) < 4.78 is 1.13. The smallest absolute Gasteiger partial charge is 0.310 e. The van der Waals surface area contributed by atoms with E-state index in [0.29, 0.717) is 6.54 Å². The lowest BCUT2D eigenvalue weighted by atomic mass is 9.94. The zero-order valence-electron chi connectivity index (χ0n) is 8.75. The van der Waals surface area contributed by atoms with Crippen molar-refractivity contribution in [2.24, 2.45) is 5.41 Å². The van der Waals surface area contributed by atoms with Gasteiger partial charge in [0.05, 0.1) is 5.41 Å². The van der Waals surface area contributed by atoms with Crippen molar-refractivity contribution < 1.29 is 9.90 Å². The molecule has 0 aromatic heterocycles. The Hall–Kier alpha value is -0.780. The predicted molar refractivity (Wildman–Crippen MR) is 69.1 cm³/mol. The number of carbonyl (C=O) groups is 1. The molecule has 3 nitrogen and oxygen atoms in total. The lowest BCUT2D eigenvalue weighted by Crippen LogP contribution is -2.31. The summed E-state index contributed by atoms with van der Waals surface area (Å²) in [4.78, 5) is 10.9. The summed E-state index contributed by atoms with van der Waals surface area (Å²) in [7, 11) is 0. The van der Waals surface area contributed by atoms with Crippen LogP contribution >= 0.6 is 22.6 Å². The molecule has 0 bridgehead atoms. The monoisotopic (exact) mass is 319 g/mol. The van der Waals surface area contributed by atoms with Gasteiger partial charge in [-0.15, -0.1) is 0 Å². The minimum atomic E-state index is -0.791. The molecule has 0 saturated heterocycles. The topological polar surface area (TPSA) is 49.3 Å². The first kappa shape index (κ1) is 12.3. The number of carboxylic acid groups (broad SMARTS) is 1. The average Bonchev–Trinajstić information content (AvgIpc) is 2.15. The fourth-order valence-electron chi connectivity index (χ4n) is 0.997. The van der Waals surface area contributed by atoms with Gasteiger partial charge in [0.25, 0.3) is 0 Å². The number of carboxylic acids is 1. The quantitative estimate of drug-likeness (QED) is 0.839. The molecule has 1 rings (SSSR count). The second-order valence-electron chi connectivity index (χ2n) is 4.05. The van der Waals surface area contributed by atoms with E-state index in [1.807, 2.05) is 24.3 Å². The van der Waals surface area contributed by atoms with Crippen LogP contribution in [0.5, 0.6) is 0 Å². The van der Waals surface area contributed by atoms with E-state index in [4.69, 9.17) is 5.11 Å². The largest absolute Gasteiger partial charge is 0.481 e. The van der Waals surface area contributed by atoms with Crippen molar-refractivity contribution in [1.82, 2.24) is 0 Å². The van der Waals surface area contributed by atoms with Crippen LogP contribution < -0.4 is 5.32 Å². The summed E-state index contributed by atoms with van der Waals surface area (Å²) in [5, 5.41) is 12.1. The summed E-state index contributed by atoms with van der Waals surface area (Å²) in [6, 6.07) is 7.85. The minimum Gasteiger partial charge on any atom is -0.481 e. The van der Waals surface area contributed by atoms with Crippen LogP contribution in [0.1, 0.15) is 13.8 Å². The van der Waals surface area contributed by atoms with Gasteiger partial charge in [-0.05, 0) is 54.6 Å². The van der Waals surface area contributed by atoms with Gasteiger partial charge < -0.3 is 10.4 Å². The molecule has 4 heteroatoms. The van der Waals surface area contributed by atoms with Gasteiger partial charge in [-0.2, -0.15) is 0 Å². The van der Waals surface area contributed by atoms with Crippen LogP contribution in [-0.4, -0.2) is 17.6 Å². The van der Waals surface area contributed by atoms with Crippen molar-refractivity contribution >= 4 is 34.2 Å². The highest BCUT2D eigenvalue weighted by Crippen LogP contribution is 2.18. The molecule has 0 saturated carbocycles. The molecule has 15 heavy (non-hydrogen) atoms. The van der Waals surface area contributed by atoms with Crippen LogP contribution in [-0.2, 0) is 4.79 Å². The molecule has 0 aliphatic rings. The molecule has 82 valence electrons. The van der Waals surface area contributed by atoms with E-state index >= 15 is 0 Å². The minimum absolute atomic E-state index is 0.419. The van der Waals surface area contributed by atoms with Crippen LogP contribution in [0, 0.1) is 8.99 Å². The Labute approximate surface area is 103 Å². The van der Waals surface area contributed by atoms with E-state index in [0.717, 1.165) is 9.26 Å². The first-order valence-electron chi connectivity index (χ1n) is 4.65. The molecule has 1 aromatic rings. The molecule has 0 fully saturated rings. The third-order valence-corrected chi connectivity index (χ3v) is 2.81. The number of rotatable bonds is 4. The number of nitrogens with one attached hydrogen (secondary N) is 1. The number of hydrogen-bond donors (Lipinski definition) is 2. The number of aliphatic carboxylic acids is 1. The Balaban J connectivity index is 2.61. The van der Waals surface area contributed by atoms with E-state index in [1.165, 1.54) is 0 Å². The summed E-state index contributed by atoms with van der Waals surface area (Å²) >= 11 is 2.22. The standard InChI is InChI=1S/C11H14INO2/c1-11(2,10(14)15)7-13-9-5-3-4-8(12)6-9/h3-6,13H,7H2,1-2H3,(H,14,15). The van der Waals surface area contributed by atoms with Gasteiger partial charge in [-0.3, -0.25) is 4.79 Å². The fraction of sp³-hybridized carbons (Fsp3) is 0.364. The van der Waals surface area contributed by atoms with Gasteiger partial charge in [-0.25, -0.2) is 0 Å². The van der Waals surface area contributed by atoms with Crippen molar-refractivity contribution in [3.63, 3.8) is 0 Å². The second kappa shape index (κ2) is 4.83. The first-order chi connectivity index (χ1) is 6.92. The van der Waals surface area contributed by atoms with Crippen LogP contribution in [0.4, 0.5) is 5.69 Å². The van der Waals surface area contributed by atoms with E-state index in [-0.39, 0.29) is 0 Å². The Morgan fingerprint density at radius 2 is 2.20 bits per heavy atom. The van der Waals surface area contributed by atoms with Gasteiger partial charge in [-0.1, -0.05) is 6.07 Å². The molecule has 0 aliphatic carbocycles. The Bertz CT molecular complexity index is 363. The fourth-order valence-corrected chi connectivity index (χ4v) is 1.54. The zero-order valence-corrected chi connectivity index (χ0v) is 10.9.